The van der Waals surface area contributed by atoms with Crippen molar-refractivity contribution in [2.24, 2.45) is 5.73 Å². The van der Waals surface area contributed by atoms with Crippen molar-refractivity contribution in [1.82, 2.24) is 9.80 Å². The van der Waals surface area contributed by atoms with Crippen LogP contribution in [0.25, 0.3) is 0 Å². The first kappa shape index (κ1) is 15.5. The number of benzene rings is 1. The van der Waals surface area contributed by atoms with Crippen LogP contribution in [0.15, 0.2) is 24.3 Å². The lowest BCUT2D eigenvalue weighted by Crippen LogP contribution is -2.42. The molecule has 0 atom stereocenters. The van der Waals surface area contributed by atoms with Gasteiger partial charge in [0.1, 0.15) is 0 Å². The van der Waals surface area contributed by atoms with Gasteiger partial charge in [0, 0.05) is 31.2 Å². The number of rotatable bonds is 3. The van der Waals surface area contributed by atoms with E-state index in [0.29, 0.717) is 0 Å². The van der Waals surface area contributed by atoms with Crippen molar-refractivity contribution in [2.75, 3.05) is 26.2 Å². The Morgan fingerprint density at radius 3 is 2.27 bits per heavy atom. The number of hydrogen-bond donors (Lipinski definition) is 1. The molecule has 0 bridgehead atoms. The third-order valence-electron chi connectivity index (χ3n) is 4.88. The molecule has 0 aromatic heterocycles. The first-order valence-corrected chi connectivity index (χ1v) is 8.58. The lowest BCUT2D eigenvalue weighted by molar-refractivity contribution is 0.0714. The Balaban J connectivity index is 1.57. The third kappa shape index (κ3) is 3.87. The topological polar surface area (TPSA) is 49.6 Å². The van der Waals surface area contributed by atoms with Gasteiger partial charge in [0.05, 0.1) is 0 Å². The van der Waals surface area contributed by atoms with E-state index in [2.05, 4.69) is 17.0 Å². The number of nitrogens with two attached hydrogens (primary N) is 1. The lowest BCUT2D eigenvalue weighted by Gasteiger charge is -2.30. The smallest absolute Gasteiger partial charge is 0.253 e. The van der Waals surface area contributed by atoms with E-state index in [0.717, 1.165) is 38.0 Å². The minimum atomic E-state index is 0.149. The number of carbonyl (C=O) groups excluding carboxylic acids is 1. The third-order valence-corrected chi connectivity index (χ3v) is 4.88. The van der Waals surface area contributed by atoms with Gasteiger partial charge in [-0.15, -0.1) is 0 Å². The van der Waals surface area contributed by atoms with Crippen molar-refractivity contribution in [3.8, 4) is 0 Å². The van der Waals surface area contributed by atoms with E-state index in [9.17, 15) is 4.79 Å². The molecule has 3 rings (SSSR count). The molecule has 0 unspecified atom stereocenters. The SMILES string of the molecule is NC1CCN(C(=O)c2ccc(CN3CCCCC3)cc2)CC1. The maximum atomic E-state index is 12.5. The molecule has 2 heterocycles. The molecular weight excluding hydrogens is 274 g/mol. The summed E-state index contributed by atoms with van der Waals surface area (Å²) in [4.78, 5) is 16.9. The summed E-state index contributed by atoms with van der Waals surface area (Å²) in [6.07, 6.45) is 5.82. The summed E-state index contributed by atoms with van der Waals surface area (Å²) in [7, 11) is 0. The zero-order valence-corrected chi connectivity index (χ0v) is 13.3. The number of piperidine rings is 2. The van der Waals surface area contributed by atoms with E-state index < -0.39 is 0 Å². The van der Waals surface area contributed by atoms with Crippen molar-refractivity contribution < 1.29 is 4.79 Å². The monoisotopic (exact) mass is 301 g/mol. The molecular formula is C18H27N3O. The Bertz CT molecular complexity index is 486. The van der Waals surface area contributed by atoms with Gasteiger partial charge in [-0.1, -0.05) is 18.6 Å². The molecule has 0 aliphatic carbocycles. The zero-order valence-electron chi connectivity index (χ0n) is 13.3. The molecule has 2 aliphatic heterocycles. The van der Waals surface area contributed by atoms with E-state index >= 15 is 0 Å². The fourth-order valence-corrected chi connectivity index (χ4v) is 3.41. The summed E-state index contributed by atoms with van der Waals surface area (Å²) in [6.45, 7) is 4.99. The van der Waals surface area contributed by atoms with Gasteiger partial charge in [0.25, 0.3) is 5.91 Å². The summed E-state index contributed by atoms with van der Waals surface area (Å²) in [5, 5.41) is 0. The Morgan fingerprint density at radius 2 is 1.64 bits per heavy atom. The van der Waals surface area contributed by atoms with Gasteiger partial charge in [0.15, 0.2) is 0 Å². The maximum absolute atomic E-state index is 12.5. The molecule has 0 spiro atoms. The van der Waals surface area contributed by atoms with Crippen molar-refractivity contribution >= 4 is 5.91 Å². The first-order valence-electron chi connectivity index (χ1n) is 8.58. The van der Waals surface area contributed by atoms with E-state index in [1.807, 2.05) is 17.0 Å². The average Bonchev–Trinajstić information content (AvgIpc) is 2.57. The van der Waals surface area contributed by atoms with Crippen LogP contribution in [0.3, 0.4) is 0 Å². The number of amides is 1. The van der Waals surface area contributed by atoms with Crippen LogP contribution in [0.2, 0.25) is 0 Å². The molecule has 4 nitrogen and oxygen atoms in total. The summed E-state index contributed by atoms with van der Waals surface area (Å²) in [5.41, 5.74) is 8.01. The van der Waals surface area contributed by atoms with Crippen LogP contribution in [-0.4, -0.2) is 47.9 Å². The number of carbonyl (C=O) groups is 1. The van der Waals surface area contributed by atoms with E-state index in [1.165, 1.54) is 37.9 Å². The Hall–Kier alpha value is -1.39. The molecule has 120 valence electrons. The zero-order chi connectivity index (χ0) is 15.4. The van der Waals surface area contributed by atoms with E-state index in [4.69, 9.17) is 5.73 Å². The largest absolute Gasteiger partial charge is 0.339 e. The summed E-state index contributed by atoms with van der Waals surface area (Å²) < 4.78 is 0. The highest BCUT2D eigenvalue weighted by Crippen LogP contribution is 2.16. The normalized spacial score (nSPS) is 21.0. The summed E-state index contributed by atoms with van der Waals surface area (Å²) in [5.74, 6) is 0.149. The molecule has 2 fully saturated rings. The van der Waals surface area contributed by atoms with Crippen molar-refractivity contribution in [2.45, 2.75) is 44.7 Å². The second kappa shape index (κ2) is 7.25. The molecule has 0 radical (unpaired) electrons. The molecule has 2 saturated heterocycles. The predicted molar refractivity (Wildman–Crippen MR) is 88.7 cm³/mol. The van der Waals surface area contributed by atoms with Crippen LogP contribution < -0.4 is 5.73 Å². The van der Waals surface area contributed by atoms with Crippen molar-refractivity contribution in [3.05, 3.63) is 35.4 Å². The molecule has 1 amide bonds. The molecule has 1 aromatic rings. The van der Waals surface area contributed by atoms with Crippen LogP contribution in [0.5, 0.6) is 0 Å². The summed E-state index contributed by atoms with van der Waals surface area (Å²) >= 11 is 0. The van der Waals surface area contributed by atoms with Crippen LogP contribution >= 0.6 is 0 Å². The van der Waals surface area contributed by atoms with Crippen LogP contribution in [-0.2, 0) is 6.54 Å². The number of hydrogen-bond acceptors (Lipinski definition) is 3. The molecule has 22 heavy (non-hydrogen) atoms. The molecule has 2 aliphatic rings. The Kier molecular flexibility index (Phi) is 5.11. The van der Waals surface area contributed by atoms with Crippen LogP contribution in [0, 0.1) is 0 Å². The Labute approximate surface area is 133 Å². The van der Waals surface area contributed by atoms with Gasteiger partial charge in [0.2, 0.25) is 0 Å². The maximum Gasteiger partial charge on any atom is 0.253 e. The van der Waals surface area contributed by atoms with Gasteiger partial charge in [-0.3, -0.25) is 9.69 Å². The van der Waals surface area contributed by atoms with Crippen molar-refractivity contribution in [1.29, 1.82) is 0 Å². The first-order chi connectivity index (χ1) is 10.7. The lowest BCUT2D eigenvalue weighted by atomic mass is 10.0. The highest BCUT2D eigenvalue weighted by atomic mass is 16.2. The minimum absolute atomic E-state index is 0.149. The van der Waals surface area contributed by atoms with Gasteiger partial charge in [-0.25, -0.2) is 0 Å². The van der Waals surface area contributed by atoms with Crippen molar-refractivity contribution in [3.63, 3.8) is 0 Å². The van der Waals surface area contributed by atoms with E-state index in [-0.39, 0.29) is 11.9 Å². The molecule has 4 heteroatoms. The predicted octanol–water partition coefficient (Wildman–Crippen LogP) is 2.24. The Morgan fingerprint density at radius 1 is 1.00 bits per heavy atom. The van der Waals surface area contributed by atoms with Crippen LogP contribution in [0.4, 0.5) is 0 Å². The quantitative estimate of drug-likeness (QED) is 0.931. The standard InChI is InChI=1S/C18H27N3O/c19-17-8-12-21(13-9-17)18(22)16-6-4-15(5-7-16)14-20-10-2-1-3-11-20/h4-7,17H,1-3,8-14,19H2. The van der Waals surface area contributed by atoms with Gasteiger partial charge in [-0.2, -0.15) is 0 Å². The molecule has 0 saturated carbocycles. The van der Waals surface area contributed by atoms with Gasteiger partial charge >= 0.3 is 0 Å². The van der Waals surface area contributed by atoms with Crippen LogP contribution in [0.1, 0.15) is 48.0 Å². The second-order valence-electron chi connectivity index (χ2n) is 6.66. The second-order valence-corrected chi connectivity index (χ2v) is 6.66. The minimum Gasteiger partial charge on any atom is -0.339 e. The highest BCUT2D eigenvalue weighted by molar-refractivity contribution is 5.94. The fourth-order valence-electron chi connectivity index (χ4n) is 3.41. The number of nitrogens with zero attached hydrogens (tertiary/aromatic N) is 2. The number of likely N-dealkylation sites (tertiary alicyclic amines) is 2. The molecule has 1 aromatic carbocycles. The van der Waals surface area contributed by atoms with Gasteiger partial charge in [-0.05, 0) is 56.5 Å². The van der Waals surface area contributed by atoms with Gasteiger partial charge < -0.3 is 10.6 Å². The van der Waals surface area contributed by atoms with E-state index in [1.54, 1.807) is 0 Å². The average molecular weight is 301 g/mol. The fraction of sp³-hybridized carbons (Fsp3) is 0.611. The summed E-state index contributed by atoms with van der Waals surface area (Å²) in [6, 6.07) is 8.44. The molecule has 2 N–H and O–H groups in total. The highest BCUT2D eigenvalue weighted by Gasteiger charge is 2.21.